The largest absolute Gasteiger partial charge is 0.743 e. The highest BCUT2D eigenvalue weighted by molar-refractivity contribution is 7.86. The van der Waals surface area contributed by atoms with Crippen LogP contribution in [0.2, 0.25) is 0 Å². The molecule has 0 aromatic heterocycles. The smallest absolute Gasteiger partial charge is 0.367 e. The van der Waals surface area contributed by atoms with E-state index in [-0.39, 0.29) is 6.42 Å². The Labute approximate surface area is 92.5 Å². The average molecular weight is 259 g/mol. The number of hydrogen-bond acceptors (Lipinski definition) is 5. The van der Waals surface area contributed by atoms with E-state index >= 15 is 0 Å². The fourth-order valence-electron chi connectivity index (χ4n) is 0.828. The zero-order valence-corrected chi connectivity index (χ0v) is 9.56. The zero-order chi connectivity index (χ0) is 12.8. The summed E-state index contributed by atoms with van der Waals surface area (Å²) in [6.07, 6.45) is 2.00. The van der Waals surface area contributed by atoms with Crippen molar-refractivity contribution in [3.05, 3.63) is 0 Å². The summed E-state index contributed by atoms with van der Waals surface area (Å²) in [7, 11) is -5.78. The minimum atomic E-state index is -5.78. The third kappa shape index (κ3) is 5.36. The monoisotopic (exact) mass is 259 g/mol. The standard InChI is InChI=1S/C8H14F2O5S/c1-2-3-4-5-7(11)15-6-8(9,10)16(12,13)14/h2-6H2,1H3,(H,12,13,14)/p-1. The van der Waals surface area contributed by atoms with Crippen molar-refractivity contribution in [2.24, 2.45) is 0 Å². The number of hydrogen-bond donors (Lipinski definition) is 0. The Kier molecular flexibility index (Phi) is 5.80. The molecule has 0 aliphatic heterocycles. The number of alkyl halides is 2. The highest BCUT2D eigenvalue weighted by Crippen LogP contribution is 2.20. The van der Waals surface area contributed by atoms with Crippen molar-refractivity contribution in [2.45, 2.75) is 37.9 Å². The van der Waals surface area contributed by atoms with Gasteiger partial charge in [0.05, 0.1) is 0 Å². The summed E-state index contributed by atoms with van der Waals surface area (Å²) in [4.78, 5) is 10.8. The third-order valence-corrected chi connectivity index (χ3v) is 2.60. The Morgan fingerprint density at radius 3 is 2.38 bits per heavy atom. The molecule has 0 aliphatic rings. The molecule has 8 heteroatoms. The lowest BCUT2D eigenvalue weighted by atomic mass is 10.2. The van der Waals surface area contributed by atoms with Crippen molar-refractivity contribution in [1.29, 1.82) is 0 Å². The first kappa shape index (κ1) is 15.2. The highest BCUT2D eigenvalue weighted by atomic mass is 32.2. The van der Waals surface area contributed by atoms with Crippen LogP contribution in [0.1, 0.15) is 32.6 Å². The number of carbonyl (C=O) groups excluding carboxylic acids is 1. The fraction of sp³-hybridized carbons (Fsp3) is 0.875. The summed E-state index contributed by atoms with van der Waals surface area (Å²) >= 11 is 0. The summed E-state index contributed by atoms with van der Waals surface area (Å²) in [5.41, 5.74) is 0. The van der Waals surface area contributed by atoms with Crippen molar-refractivity contribution in [3.63, 3.8) is 0 Å². The molecule has 0 fully saturated rings. The van der Waals surface area contributed by atoms with Crippen LogP contribution in [0.3, 0.4) is 0 Å². The van der Waals surface area contributed by atoms with E-state index in [0.29, 0.717) is 6.42 Å². The maximum atomic E-state index is 12.5. The Balaban J connectivity index is 4.01. The second kappa shape index (κ2) is 6.09. The normalized spacial score (nSPS) is 12.5. The van der Waals surface area contributed by atoms with Crippen LogP contribution in [-0.2, 0) is 19.6 Å². The van der Waals surface area contributed by atoms with Gasteiger partial charge in [0, 0.05) is 6.42 Å². The molecule has 5 nitrogen and oxygen atoms in total. The molecule has 0 spiro atoms. The van der Waals surface area contributed by atoms with Crippen molar-refractivity contribution < 1.29 is 31.3 Å². The van der Waals surface area contributed by atoms with Crippen molar-refractivity contribution in [3.8, 4) is 0 Å². The molecule has 0 heterocycles. The van der Waals surface area contributed by atoms with Gasteiger partial charge in [-0.15, -0.1) is 0 Å². The topological polar surface area (TPSA) is 83.5 Å². The van der Waals surface area contributed by atoms with Gasteiger partial charge in [0.15, 0.2) is 16.7 Å². The molecule has 0 rings (SSSR count). The van der Waals surface area contributed by atoms with Crippen LogP contribution in [0.4, 0.5) is 8.78 Å². The number of carbonyl (C=O) groups is 1. The van der Waals surface area contributed by atoms with Crippen molar-refractivity contribution in [2.75, 3.05) is 6.61 Å². The maximum Gasteiger partial charge on any atom is 0.367 e. The van der Waals surface area contributed by atoms with E-state index in [1.165, 1.54) is 0 Å². The van der Waals surface area contributed by atoms with Gasteiger partial charge in [-0.3, -0.25) is 4.79 Å². The van der Waals surface area contributed by atoms with Crippen LogP contribution < -0.4 is 0 Å². The molecule has 0 bridgehead atoms. The molecular weight excluding hydrogens is 246 g/mol. The van der Waals surface area contributed by atoms with Crippen LogP contribution in [0.15, 0.2) is 0 Å². The van der Waals surface area contributed by atoms with E-state index < -0.39 is 27.9 Å². The average Bonchev–Trinajstić information content (AvgIpc) is 2.13. The van der Waals surface area contributed by atoms with Gasteiger partial charge in [-0.25, -0.2) is 8.42 Å². The van der Waals surface area contributed by atoms with E-state index in [2.05, 4.69) is 4.74 Å². The van der Waals surface area contributed by atoms with E-state index in [4.69, 9.17) is 0 Å². The van der Waals surface area contributed by atoms with Gasteiger partial charge in [0.1, 0.15) is 0 Å². The van der Waals surface area contributed by atoms with Gasteiger partial charge < -0.3 is 9.29 Å². The first-order valence-electron chi connectivity index (χ1n) is 4.69. The molecule has 0 N–H and O–H groups in total. The molecule has 0 unspecified atom stereocenters. The molecule has 0 aliphatic carbocycles. The van der Waals surface area contributed by atoms with Crippen molar-refractivity contribution in [1.82, 2.24) is 0 Å². The lowest BCUT2D eigenvalue weighted by Crippen LogP contribution is -2.34. The second-order valence-electron chi connectivity index (χ2n) is 3.21. The van der Waals surface area contributed by atoms with Gasteiger partial charge >= 0.3 is 11.2 Å². The maximum absolute atomic E-state index is 12.5. The number of esters is 1. The minimum absolute atomic E-state index is 0.0666. The van der Waals surface area contributed by atoms with Gasteiger partial charge in [0.2, 0.25) is 0 Å². The van der Waals surface area contributed by atoms with Crippen LogP contribution >= 0.6 is 0 Å². The third-order valence-electron chi connectivity index (χ3n) is 1.75. The van der Waals surface area contributed by atoms with Gasteiger partial charge in [-0.1, -0.05) is 19.8 Å². The zero-order valence-electron chi connectivity index (χ0n) is 8.74. The Hall–Kier alpha value is -0.760. The van der Waals surface area contributed by atoms with Gasteiger partial charge in [-0.2, -0.15) is 8.78 Å². The van der Waals surface area contributed by atoms with Crippen LogP contribution in [0.25, 0.3) is 0 Å². The van der Waals surface area contributed by atoms with Crippen LogP contribution in [0, 0.1) is 0 Å². The van der Waals surface area contributed by atoms with E-state index in [9.17, 15) is 26.5 Å². The molecule has 0 saturated carbocycles. The van der Waals surface area contributed by atoms with E-state index in [1.807, 2.05) is 6.92 Å². The predicted octanol–water partition coefficient (Wildman–Crippen LogP) is 1.25. The molecule has 0 radical (unpaired) electrons. The van der Waals surface area contributed by atoms with Gasteiger partial charge in [0.25, 0.3) is 0 Å². The molecule has 96 valence electrons. The summed E-state index contributed by atoms with van der Waals surface area (Å²) in [5, 5.41) is -4.56. The highest BCUT2D eigenvalue weighted by Gasteiger charge is 2.39. The van der Waals surface area contributed by atoms with Crippen LogP contribution in [0.5, 0.6) is 0 Å². The number of halogens is 2. The summed E-state index contributed by atoms with van der Waals surface area (Å²) in [6.45, 7) is 0.174. The summed E-state index contributed by atoms with van der Waals surface area (Å²) in [5.74, 6) is -0.934. The molecular formula is C8H13F2O5S-. The second-order valence-corrected chi connectivity index (χ2v) is 4.71. The summed E-state index contributed by atoms with van der Waals surface area (Å²) < 4.78 is 59.1. The Morgan fingerprint density at radius 1 is 1.38 bits per heavy atom. The molecule has 0 amide bonds. The fourth-order valence-corrected chi connectivity index (χ4v) is 1.03. The predicted molar refractivity (Wildman–Crippen MR) is 49.7 cm³/mol. The lowest BCUT2D eigenvalue weighted by Gasteiger charge is -2.19. The first-order valence-corrected chi connectivity index (χ1v) is 6.10. The van der Waals surface area contributed by atoms with Gasteiger partial charge in [-0.05, 0) is 6.42 Å². The molecule has 0 saturated heterocycles. The minimum Gasteiger partial charge on any atom is -0.743 e. The number of rotatable bonds is 7. The van der Waals surface area contributed by atoms with Crippen molar-refractivity contribution >= 4 is 16.1 Å². The molecule has 0 aromatic carbocycles. The number of ether oxygens (including phenoxy) is 1. The SMILES string of the molecule is CCCCCC(=O)OCC(F)(F)S(=O)(=O)[O-]. The Bertz CT molecular complexity index is 325. The van der Waals surface area contributed by atoms with E-state index in [0.717, 1.165) is 12.8 Å². The summed E-state index contributed by atoms with van der Waals surface area (Å²) in [6, 6.07) is 0. The molecule has 16 heavy (non-hydrogen) atoms. The quantitative estimate of drug-likeness (QED) is 0.390. The van der Waals surface area contributed by atoms with E-state index in [1.54, 1.807) is 0 Å². The Morgan fingerprint density at radius 2 is 1.94 bits per heavy atom. The van der Waals surface area contributed by atoms with Crippen LogP contribution in [-0.4, -0.2) is 30.8 Å². The number of unbranched alkanes of at least 4 members (excludes halogenated alkanes) is 2. The first-order chi connectivity index (χ1) is 7.20. The lowest BCUT2D eigenvalue weighted by molar-refractivity contribution is -0.149. The molecule has 0 atom stereocenters. The molecule has 0 aromatic rings.